The molecule has 0 saturated carbocycles. The maximum Gasteiger partial charge on any atom is 0.307 e. The normalized spacial score (nSPS) is 19.2. The minimum atomic E-state index is -1.14. The highest BCUT2D eigenvalue weighted by Crippen LogP contribution is 2.26. The number of halogens is 2. The van der Waals surface area contributed by atoms with E-state index in [0.29, 0.717) is 25.3 Å². The van der Waals surface area contributed by atoms with E-state index in [1.165, 1.54) is 0 Å². The van der Waals surface area contributed by atoms with Gasteiger partial charge >= 0.3 is 5.69 Å². The fraction of sp³-hybridized carbons (Fsp3) is 0.455. The summed E-state index contributed by atoms with van der Waals surface area (Å²) in [5, 5.41) is 13.5. The Balaban J connectivity index is 2.04. The van der Waals surface area contributed by atoms with E-state index in [-0.39, 0.29) is 18.5 Å². The molecule has 1 fully saturated rings. The molecule has 1 N–H and O–H groups in total. The number of nitro groups is 1. The molecule has 0 aliphatic carbocycles. The van der Waals surface area contributed by atoms with Gasteiger partial charge < -0.3 is 14.8 Å². The predicted octanol–water partition coefficient (Wildman–Crippen LogP) is 1.24. The van der Waals surface area contributed by atoms with Crippen molar-refractivity contribution in [1.82, 2.24) is 5.32 Å². The maximum absolute atomic E-state index is 13.5. The topological polar surface area (TPSA) is 73.6 Å². The predicted molar refractivity (Wildman–Crippen MR) is 61.1 cm³/mol. The second-order valence-electron chi connectivity index (χ2n) is 4.00. The first-order valence-corrected chi connectivity index (χ1v) is 5.66. The molecule has 0 spiro atoms. The van der Waals surface area contributed by atoms with E-state index in [4.69, 9.17) is 9.47 Å². The van der Waals surface area contributed by atoms with Gasteiger partial charge in [-0.3, -0.25) is 10.1 Å². The van der Waals surface area contributed by atoms with Gasteiger partial charge in [-0.25, -0.2) is 4.39 Å². The van der Waals surface area contributed by atoms with Gasteiger partial charge in [0.25, 0.3) is 0 Å². The zero-order valence-electron chi connectivity index (χ0n) is 9.90. The molecule has 1 unspecified atom stereocenters. The minimum Gasteiger partial charge on any atom is -0.488 e. The van der Waals surface area contributed by atoms with Gasteiger partial charge in [0.2, 0.25) is 5.82 Å². The lowest BCUT2D eigenvalue weighted by atomic mass is 10.2. The third-order valence-electron chi connectivity index (χ3n) is 2.63. The van der Waals surface area contributed by atoms with Crippen molar-refractivity contribution < 1.29 is 23.2 Å². The molecule has 1 aromatic carbocycles. The Labute approximate surface area is 107 Å². The van der Waals surface area contributed by atoms with Crippen LogP contribution in [0.4, 0.5) is 14.5 Å². The SMILES string of the molecule is O=[N+]([O-])c1cc(F)c(OCC2CNCCO2)cc1F. The number of rotatable bonds is 4. The Morgan fingerprint density at radius 2 is 2.26 bits per heavy atom. The zero-order chi connectivity index (χ0) is 13.8. The fourth-order valence-electron chi connectivity index (χ4n) is 1.68. The standard InChI is InChI=1S/C11H12F2N2O4/c12-8-4-11(9(13)3-10(8)15(16)17)19-6-7-5-14-1-2-18-7/h3-4,7,14H,1-2,5-6H2. The number of hydrogen-bond donors (Lipinski definition) is 1. The second kappa shape index (κ2) is 5.89. The van der Waals surface area contributed by atoms with Crippen LogP contribution in [0, 0.1) is 21.7 Å². The summed E-state index contributed by atoms with van der Waals surface area (Å²) in [5.74, 6) is -2.47. The summed E-state index contributed by atoms with van der Waals surface area (Å²) < 4.78 is 37.2. The van der Waals surface area contributed by atoms with Crippen LogP contribution < -0.4 is 10.1 Å². The quantitative estimate of drug-likeness (QED) is 0.660. The van der Waals surface area contributed by atoms with Gasteiger partial charge in [0.05, 0.1) is 17.6 Å². The van der Waals surface area contributed by atoms with Crippen molar-refractivity contribution in [3.05, 3.63) is 33.9 Å². The number of hydrogen-bond acceptors (Lipinski definition) is 5. The summed E-state index contributed by atoms with van der Waals surface area (Å²) in [5.41, 5.74) is -0.916. The van der Waals surface area contributed by atoms with Gasteiger partial charge in [0, 0.05) is 19.2 Å². The Hall–Kier alpha value is -1.80. The first-order chi connectivity index (χ1) is 9.08. The molecule has 1 aliphatic heterocycles. The molecule has 1 aliphatic rings. The summed E-state index contributed by atoms with van der Waals surface area (Å²) in [4.78, 5) is 9.43. The van der Waals surface area contributed by atoms with Crippen molar-refractivity contribution >= 4 is 5.69 Å². The summed E-state index contributed by atoms with van der Waals surface area (Å²) >= 11 is 0. The van der Waals surface area contributed by atoms with Crippen LogP contribution in [-0.2, 0) is 4.74 Å². The van der Waals surface area contributed by atoms with Crippen LogP contribution in [-0.4, -0.2) is 37.3 Å². The van der Waals surface area contributed by atoms with Gasteiger partial charge in [-0.1, -0.05) is 0 Å². The van der Waals surface area contributed by atoms with Crippen molar-refractivity contribution in [3.8, 4) is 5.75 Å². The molecular formula is C11H12F2N2O4. The molecule has 104 valence electrons. The number of ether oxygens (including phenoxy) is 2. The molecule has 1 aromatic rings. The summed E-state index contributed by atoms with van der Waals surface area (Å²) in [6, 6.07) is 1.17. The van der Waals surface area contributed by atoms with Crippen LogP contribution in [0.5, 0.6) is 5.75 Å². The smallest absolute Gasteiger partial charge is 0.307 e. The van der Waals surface area contributed by atoms with E-state index in [0.717, 1.165) is 6.54 Å². The maximum atomic E-state index is 13.5. The van der Waals surface area contributed by atoms with E-state index in [1.807, 2.05) is 0 Å². The molecule has 2 rings (SSSR count). The van der Waals surface area contributed by atoms with Gasteiger partial charge in [-0.2, -0.15) is 4.39 Å². The monoisotopic (exact) mass is 274 g/mol. The highest BCUT2D eigenvalue weighted by atomic mass is 19.1. The zero-order valence-corrected chi connectivity index (χ0v) is 9.90. The van der Waals surface area contributed by atoms with E-state index in [9.17, 15) is 18.9 Å². The summed E-state index contributed by atoms with van der Waals surface area (Å²) in [7, 11) is 0. The molecule has 0 aromatic heterocycles. The number of nitrogens with zero attached hydrogens (tertiary/aromatic N) is 1. The van der Waals surface area contributed by atoms with Crippen LogP contribution in [0.25, 0.3) is 0 Å². The molecule has 1 heterocycles. The van der Waals surface area contributed by atoms with Crippen LogP contribution in [0.3, 0.4) is 0 Å². The molecule has 0 amide bonds. The third kappa shape index (κ3) is 3.36. The van der Waals surface area contributed by atoms with E-state index >= 15 is 0 Å². The van der Waals surface area contributed by atoms with Crippen LogP contribution in [0.2, 0.25) is 0 Å². The number of morpholine rings is 1. The number of nitro benzene ring substituents is 1. The molecular weight excluding hydrogens is 262 g/mol. The Bertz CT molecular complexity index is 478. The second-order valence-corrected chi connectivity index (χ2v) is 4.00. The molecule has 0 radical (unpaired) electrons. The minimum absolute atomic E-state index is 0.0428. The average molecular weight is 274 g/mol. The van der Waals surface area contributed by atoms with E-state index < -0.39 is 22.2 Å². The Morgan fingerprint density at radius 3 is 2.89 bits per heavy atom. The van der Waals surface area contributed by atoms with Gasteiger partial charge in [0.1, 0.15) is 12.7 Å². The first-order valence-electron chi connectivity index (χ1n) is 5.66. The molecule has 6 nitrogen and oxygen atoms in total. The summed E-state index contributed by atoms with van der Waals surface area (Å²) in [6.07, 6.45) is -0.258. The van der Waals surface area contributed by atoms with Crippen molar-refractivity contribution in [1.29, 1.82) is 0 Å². The lowest BCUT2D eigenvalue weighted by Crippen LogP contribution is -2.41. The van der Waals surface area contributed by atoms with Gasteiger partial charge in [0.15, 0.2) is 11.6 Å². The van der Waals surface area contributed by atoms with Crippen molar-refractivity contribution in [3.63, 3.8) is 0 Å². The lowest BCUT2D eigenvalue weighted by molar-refractivity contribution is -0.387. The molecule has 19 heavy (non-hydrogen) atoms. The largest absolute Gasteiger partial charge is 0.488 e. The van der Waals surface area contributed by atoms with E-state index in [2.05, 4.69) is 5.32 Å². The van der Waals surface area contributed by atoms with Crippen molar-refractivity contribution in [2.24, 2.45) is 0 Å². The fourth-order valence-corrected chi connectivity index (χ4v) is 1.68. The number of nitrogens with one attached hydrogen (secondary N) is 1. The third-order valence-corrected chi connectivity index (χ3v) is 2.63. The molecule has 1 atom stereocenters. The van der Waals surface area contributed by atoms with Crippen LogP contribution in [0.1, 0.15) is 0 Å². The Morgan fingerprint density at radius 1 is 1.47 bits per heavy atom. The van der Waals surface area contributed by atoms with Crippen LogP contribution >= 0.6 is 0 Å². The average Bonchev–Trinajstić information content (AvgIpc) is 2.40. The van der Waals surface area contributed by atoms with Crippen molar-refractivity contribution in [2.45, 2.75) is 6.10 Å². The molecule has 0 bridgehead atoms. The highest BCUT2D eigenvalue weighted by Gasteiger charge is 2.21. The molecule has 8 heteroatoms. The lowest BCUT2D eigenvalue weighted by Gasteiger charge is -2.23. The highest BCUT2D eigenvalue weighted by molar-refractivity contribution is 5.39. The van der Waals surface area contributed by atoms with Gasteiger partial charge in [-0.05, 0) is 0 Å². The van der Waals surface area contributed by atoms with Crippen LogP contribution in [0.15, 0.2) is 12.1 Å². The van der Waals surface area contributed by atoms with Gasteiger partial charge in [-0.15, -0.1) is 0 Å². The summed E-state index contributed by atoms with van der Waals surface area (Å²) in [6.45, 7) is 1.85. The number of benzene rings is 1. The van der Waals surface area contributed by atoms with Crippen molar-refractivity contribution in [2.75, 3.05) is 26.3 Å². The molecule has 1 saturated heterocycles. The first kappa shape index (κ1) is 13.6. The Kier molecular flexibility index (Phi) is 4.23. The van der Waals surface area contributed by atoms with E-state index in [1.54, 1.807) is 0 Å².